The summed E-state index contributed by atoms with van der Waals surface area (Å²) in [5.74, 6) is -1.91. The van der Waals surface area contributed by atoms with Crippen LogP contribution in [0.15, 0.2) is 18.2 Å². The summed E-state index contributed by atoms with van der Waals surface area (Å²) in [5.41, 5.74) is 2.73. The lowest BCUT2D eigenvalue weighted by molar-refractivity contribution is -0.284. The number of rotatable bonds is 14. The van der Waals surface area contributed by atoms with Gasteiger partial charge in [-0.2, -0.15) is 22.0 Å². The number of fused-ring (bicyclic) bond motifs is 5. The van der Waals surface area contributed by atoms with Crippen molar-refractivity contribution in [1.29, 1.82) is 0 Å². The van der Waals surface area contributed by atoms with Gasteiger partial charge in [-0.25, -0.2) is 0 Å². The number of unbranched alkanes of at least 4 members (excludes halogenated alkanes) is 6. The van der Waals surface area contributed by atoms with Crippen LogP contribution in [0.2, 0.25) is 0 Å². The number of alkyl halides is 5. The van der Waals surface area contributed by atoms with Crippen molar-refractivity contribution in [2.45, 2.75) is 127 Å². The van der Waals surface area contributed by atoms with Crippen molar-refractivity contribution in [2.75, 3.05) is 11.5 Å². The Kier molecular flexibility index (Phi) is 11.0. The molecule has 234 valence electrons. The molecule has 3 nitrogen and oxygen atoms in total. The molecule has 0 heterocycles. The highest BCUT2D eigenvalue weighted by atomic mass is 32.2. The summed E-state index contributed by atoms with van der Waals surface area (Å²) >= 11 is -1.35. The summed E-state index contributed by atoms with van der Waals surface area (Å²) in [6, 6.07) is 5.92. The molecule has 0 bridgehead atoms. The first-order valence-corrected chi connectivity index (χ1v) is 17.1. The number of halogens is 5. The third-order valence-corrected chi connectivity index (χ3v) is 12.0. The van der Waals surface area contributed by atoms with Crippen molar-refractivity contribution in [3.05, 3.63) is 29.3 Å². The lowest BCUT2D eigenvalue weighted by Gasteiger charge is -2.53. The van der Waals surface area contributed by atoms with Gasteiger partial charge in [0.05, 0.1) is 6.10 Å². The highest BCUT2D eigenvalue weighted by molar-refractivity contribution is 7.91. The average molecular weight is 607 g/mol. The van der Waals surface area contributed by atoms with E-state index < -0.39 is 36.1 Å². The van der Waals surface area contributed by atoms with E-state index in [4.69, 9.17) is 0 Å². The predicted molar refractivity (Wildman–Crippen MR) is 153 cm³/mol. The van der Waals surface area contributed by atoms with E-state index in [-0.39, 0.29) is 17.3 Å². The van der Waals surface area contributed by atoms with Crippen molar-refractivity contribution >= 4 is 11.2 Å². The van der Waals surface area contributed by atoms with Crippen molar-refractivity contribution in [2.24, 2.45) is 23.2 Å². The van der Waals surface area contributed by atoms with Gasteiger partial charge in [0.15, 0.2) is 0 Å². The van der Waals surface area contributed by atoms with Gasteiger partial charge in [0.2, 0.25) is 0 Å². The molecule has 1 aromatic carbocycles. The third-order valence-electron chi connectivity index (χ3n) is 10.6. The maximum Gasteiger partial charge on any atom is 0.453 e. The van der Waals surface area contributed by atoms with Gasteiger partial charge in [-0.1, -0.05) is 56.3 Å². The minimum absolute atomic E-state index is 0.0195. The Morgan fingerprint density at radius 3 is 2.29 bits per heavy atom. The maximum absolute atomic E-state index is 13.0. The lowest BCUT2D eigenvalue weighted by atomic mass is 9.52. The number of hydrogen-bond donors (Lipinski definition) is 2. The van der Waals surface area contributed by atoms with Gasteiger partial charge in [0.25, 0.3) is 0 Å². The molecule has 2 saturated carbocycles. The molecule has 3 aliphatic rings. The number of hydrogen-bond acceptors (Lipinski definition) is 3. The van der Waals surface area contributed by atoms with Gasteiger partial charge in [-0.15, -0.1) is 0 Å². The number of aliphatic hydroxyl groups is 1. The molecule has 7 atom stereocenters. The average Bonchev–Trinajstić information content (AvgIpc) is 3.20. The van der Waals surface area contributed by atoms with Crippen molar-refractivity contribution in [3.8, 4) is 5.75 Å². The Morgan fingerprint density at radius 1 is 0.927 bits per heavy atom. The molecule has 4 rings (SSSR count). The molecular formula is C32H47F5O3S. The SMILES string of the molecule is CC12CCC3c4ccc(O)cc4C[C@@H](CCCCCCCCC[S+]([O-])CCCC(F)(F)C(F)(F)F)C3C1CCC2O. The van der Waals surface area contributed by atoms with Crippen LogP contribution in [-0.2, 0) is 17.6 Å². The zero-order valence-electron chi connectivity index (χ0n) is 24.2. The Labute approximate surface area is 244 Å². The van der Waals surface area contributed by atoms with Gasteiger partial charge in [-0.05, 0) is 110 Å². The summed E-state index contributed by atoms with van der Waals surface area (Å²) in [6.07, 6.45) is 5.97. The molecule has 0 radical (unpaired) electrons. The largest absolute Gasteiger partial charge is 0.616 e. The van der Waals surface area contributed by atoms with E-state index in [0.29, 0.717) is 41.6 Å². The van der Waals surface area contributed by atoms with Crippen LogP contribution in [0, 0.1) is 23.2 Å². The maximum atomic E-state index is 13.0. The van der Waals surface area contributed by atoms with E-state index in [1.54, 1.807) is 0 Å². The molecule has 1 aromatic rings. The van der Waals surface area contributed by atoms with E-state index in [9.17, 15) is 36.7 Å². The lowest BCUT2D eigenvalue weighted by Crippen LogP contribution is -2.47. The standard InChI is InChI=1S/C32H47F5O3S/c1-30-17-15-26-25-12-11-24(38)21-23(25)20-22(29(26)27(30)13-14-28(30)39)10-7-5-3-2-4-6-8-18-41(40)19-9-16-31(33,34)32(35,36)37/h11-12,21-22,26-29,38-39H,2-10,13-20H2,1H3/t22-,26?,27?,28?,29?,30?,41?/m1/s1. The fourth-order valence-electron chi connectivity index (χ4n) is 8.28. The molecule has 0 aromatic heterocycles. The third kappa shape index (κ3) is 7.72. The van der Waals surface area contributed by atoms with Gasteiger partial charge in [-0.3, -0.25) is 0 Å². The molecule has 41 heavy (non-hydrogen) atoms. The molecule has 9 heteroatoms. The van der Waals surface area contributed by atoms with Crippen LogP contribution < -0.4 is 0 Å². The summed E-state index contributed by atoms with van der Waals surface area (Å²) in [6.45, 7) is 2.30. The molecule has 2 N–H and O–H groups in total. The van der Waals surface area contributed by atoms with Crippen LogP contribution in [0.1, 0.15) is 114 Å². The zero-order chi connectivity index (χ0) is 29.8. The Morgan fingerprint density at radius 2 is 1.59 bits per heavy atom. The minimum atomic E-state index is -5.54. The fourth-order valence-corrected chi connectivity index (χ4v) is 9.48. The summed E-state index contributed by atoms with van der Waals surface area (Å²) in [5, 5.41) is 21.0. The highest BCUT2D eigenvalue weighted by Crippen LogP contribution is 2.62. The Balaban J connectivity index is 1.15. The monoisotopic (exact) mass is 606 g/mol. The van der Waals surface area contributed by atoms with Gasteiger partial charge < -0.3 is 14.8 Å². The van der Waals surface area contributed by atoms with E-state index in [0.717, 1.165) is 77.0 Å². The zero-order valence-corrected chi connectivity index (χ0v) is 25.1. The Hall–Kier alpha value is -1.06. The topological polar surface area (TPSA) is 63.5 Å². The fraction of sp³-hybridized carbons (Fsp3) is 0.812. The molecule has 3 aliphatic carbocycles. The predicted octanol–water partition coefficient (Wildman–Crippen LogP) is 8.68. The van der Waals surface area contributed by atoms with E-state index in [2.05, 4.69) is 13.0 Å². The summed E-state index contributed by atoms with van der Waals surface area (Å²) in [4.78, 5) is 0. The number of aliphatic hydroxyl groups excluding tert-OH is 1. The smallest absolute Gasteiger partial charge is 0.453 e. The van der Waals surface area contributed by atoms with Crippen LogP contribution in [-0.4, -0.2) is 44.5 Å². The molecule has 0 saturated heterocycles. The van der Waals surface area contributed by atoms with Crippen LogP contribution in [0.3, 0.4) is 0 Å². The summed E-state index contributed by atoms with van der Waals surface area (Å²) in [7, 11) is 0. The molecule has 6 unspecified atom stereocenters. The molecular weight excluding hydrogens is 559 g/mol. The van der Waals surface area contributed by atoms with E-state index in [1.165, 1.54) is 11.1 Å². The normalized spacial score (nSPS) is 30.5. The molecule has 0 amide bonds. The van der Waals surface area contributed by atoms with Crippen LogP contribution >= 0.6 is 0 Å². The summed E-state index contributed by atoms with van der Waals surface area (Å²) < 4.78 is 74.5. The van der Waals surface area contributed by atoms with E-state index >= 15 is 0 Å². The second kappa shape index (κ2) is 13.7. The van der Waals surface area contributed by atoms with Crippen LogP contribution in [0.25, 0.3) is 0 Å². The quantitative estimate of drug-likeness (QED) is 0.127. The first kappa shape index (κ1) is 32.8. The van der Waals surface area contributed by atoms with Gasteiger partial charge in [0.1, 0.15) is 17.3 Å². The van der Waals surface area contributed by atoms with E-state index in [1.807, 2.05) is 12.1 Å². The highest BCUT2D eigenvalue weighted by Gasteiger charge is 2.57. The number of aromatic hydroxyl groups is 1. The van der Waals surface area contributed by atoms with Crippen molar-refractivity contribution in [3.63, 3.8) is 0 Å². The van der Waals surface area contributed by atoms with Gasteiger partial charge in [0, 0.05) is 6.42 Å². The van der Waals surface area contributed by atoms with Gasteiger partial charge >= 0.3 is 12.1 Å². The minimum Gasteiger partial charge on any atom is -0.616 e. The number of phenols is 1. The van der Waals surface area contributed by atoms with Crippen LogP contribution in [0.4, 0.5) is 22.0 Å². The second-order valence-electron chi connectivity index (χ2n) is 13.2. The first-order valence-electron chi connectivity index (χ1n) is 15.6. The van der Waals surface area contributed by atoms with Crippen LogP contribution in [0.5, 0.6) is 5.75 Å². The molecule has 0 aliphatic heterocycles. The van der Waals surface area contributed by atoms with Crippen molar-refractivity contribution in [1.82, 2.24) is 0 Å². The number of benzene rings is 1. The second-order valence-corrected chi connectivity index (χ2v) is 14.9. The molecule has 0 spiro atoms. The Bertz CT molecular complexity index is 989. The van der Waals surface area contributed by atoms with Crippen molar-refractivity contribution < 1.29 is 36.7 Å². The first-order chi connectivity index (χ1) is 19.3. The number of phenolic OH excluding ortho intramolecular Hbond substituents is 1. The molecule has 2 fully saturated rings.